The van der Waals surface area contributed by atoms with Crippen LogP contribution >= 0.6 is 22.6 Å². The first-order valence-electron chi connectivity index (χ1n) is 5.66. The van der Waals surface area contributed by atoms with Crippen LogP contribution in [0.25, 0.3) is 0 Å². The summed E-state index contributed by atoms with van der Waals surface area (Å²) in [6.07, 6.45) is 1.12. The van der Waals surface area contributed by atoms with E-state index < -0.39 is 0 Å². The minimum atomic E-state index is 0.825. The summed E-state index contributed by atoms with van der Waals surface area (Å²) in [5.74, 6) is 0. The summed E-state index contributed by atoms with van der Waals surface area (Å²) in [7, 11) is 0. The van der Waals surface area contributed by atoms with E-state index in [1.54, 1.807) is 0 Å². The van der Waals surface area contributed by atoms with Gasteiger partial charge in [0.1, 0.15) is 0 Å². The average molecular weight is 336 g/mol. The third-order valence-corrected chi connectivity index (χ3v) is 4.01. The lowest BCUT2D eigenvalue weighted by molar-refractivity contribution is 0.995. The van der Waals surface area contributed by atoms with Gasteiger partial charge in [0.2, 0.25) is 0 Å². The van der Waals surface area contributed by atoms with E-state index in [1.165, 1.54) is 20.5 Å². The number of anilines is 3. The second-order valence-corrected chi connectivity index (χ2v) is 5.40. The zero-order valence-corrected chi connectivity index (χ0v) is 11.5. The first-order chi connectivity index (χ1) is 8.25. The third kappa shape index (κ3) is 1.88. The highest BCUT2D eigenvalue weighted by Crippen LogP contribution is 2.36. The zero-order chi connectivity index (χ0) is 11.8. The van der Waals surface area contributed by atoms with Crippen LogP contribution in [0.15, 0.2) is 42.5 Å². The van der Waals surface area contributed by atoms with Gasteiger partial charge in [0.15, 0.2) is 0 Å². The second kappa shape index (κ2) is 4.22. The number of hydrogen-bond acceptors (Lipinski definition) is 2. The topological polar surface area (TPSA) is 29.3 Å². The summed E-state index contributed by atoms with van der Waals surface area (Å²) < 4.78 is 1.21. The minimum Gasteiger partial charge on any atom is -0.399 e. The van der Waals surface area contributed by atoms with E-state index >= 15 is 0 Å². The van der Waals surface area contributed by atoms with Crippen LogP contribution in [0.3, 0.4) is 0 Å². The van der Waals surface area contributed by atoms with E-state index in [4.69, 9.17) is 5.73 Å². The van der Waals surface area contributed by atoms with E-state index in [2.05, 4.69) is 57.8 Å². The van der Waals surface area contributed by atoms with Crippen molar-refractivity contribution in [3.05, 3.63) is 51.6 Å². The van der Waals surface area contributed by atoms with Crippen LogP contribution in [-0.4, -0.2) is 6.54 Å². The molecular weight excluding hydrogens is 323 g/mol. The van der Waals surface area contributed by atoms with Gasteiger partial charge < -0.3 is 10.6 Å². The first kappa shape index (κ1) is 10.9. The van der Waals surface area contributed by atoms with E-state index in [0.717, 1.165) is 18.7 Å². The smallest absolute Gasteiger partial charge is 0.0548 e. The number of nitrogen functional groups attached to an aromatic ring is 1. The quantitative estimate of drug-likeness (QED) is 0.637. The standard InChI is InChI=1S/C14H13IN2/c15-12-9-11(16)5-6-14(12)17-8-7-10-3-1-2-4-13(10)17/h1-6,9H,7-8,16H2. The van der Waals surface area contributed by atoms with Gasteiger partial charge in [0.25, 0.3) is 0 Å². The van der Waals surface area contributed by atoms with Crippen molar-refractivity contribution >= 4 is 39.7 Å². The Kier molecular flexibility index (Phi) is 2.70. The highest BCUT2D eigenvalue weighted by molar-refractivity contribution is 14.1. The van der Waals surface area contributed by atoms with Crippen molar-refractivity contribution in [1.82, 2.24) is 0 Å². The van der Waals surface area contributed by atoms with Gasteiger partial charge in [-0.15, -0.1) is 0 Å². The molecule has 2 N–H and O–H groups in total. The van der Waals surface area contributed by atoms with Crippen LogP contribution in [0.1, 0.15) is 5.56 Å². The summed E-state index contributed by atoms with van der Waals surface area (Å²) in [6, 6.07) is 14.7. The van der Waals surface area contributed by atoms with Crippen LogP contribution in [0.5, 0.6) is 0 Å². The molecule has 2 aromatic rings. The van der Waals surface area contributed by atoms with Crippen molar-refractivity contribution < 1.29 is 0 Å². The molecular formula is C14H13IN2. The fourth-order valence-corrected chi connectivity index (χ4v) is 3.16. The van der Waals surface area contributed by atoms with Crippen LogP contribution in [0, 0.1) is 3.57 Å². The lowest BCUT2D eigenvalue weighted by atomic mass is 10.2. The Balaban J connectivity index is 2.07. The van der Waals surface area contributed by atoms with Gasteiger partial charge in [0.05, 0.1) is 5.69 Å². The molecule has 1 aliphatic rings. The Morgan fingerprint density at radius 2 is 1.88 bits per heavy atom. The average Bonchev–Trinajstić information content (AvgIpc) is 2.73. The summed E-state index contributed by atoms with van der Waals surface area (Å²) in [5, 5.41) is 0. The van der Waals surface area contributed by atoms with Crippen molar-refractivity contribution in [3.8, 4) is 0 Å². The van der Waals surface area contributed by atoms with Crippen molar-refractivity contribution in [2.45, 2.75) is 6.42 Å². The Morgan fingerprint density at radius 3 is 2.71 bits per heavy atom. The normalized spacial score (nSPS) is 13.8. The minimum absolute atomic E-state index is 0.825. The number of para-hydroxylation sites is 1. The Morgan fingerprint density at radius 1 is 1.06 bits per heavy atom. The third-order valence-electron chi connectivity index (χ3n) is 3.15. The summed E-state index contributed by atoms with van der Waals surface area (Å²) in [5.41, 5.74) is 10.6. The number of hydrogen-bond donors (Lipinski definition) is 1. The number of nitrogens with two attached hydrogens (primary N) is 1. The van der Waals surface area contributed by atoms with Crippen molar-refractivity contribution in [2.75, 3.05) is 17.2 Å². The molecule has 0 amide bonds. The number of halogens is 1. The van der Waals surface area contributed by atoms with Gasteiger partial charge in [-0.3, -0.25) is 0 Å². The zero-order valence-electron chi connectivity index (χ0n) is 9.36. The number of nitrogens with zero attached hydrogens (tertiary/aromatic N) is 1. The van der Waals surface area contributed by atoms with E-state index in [0.29, 0.717) is 0 Å². The molecule has 0 bridgehead atoms. The molecule has 86 valence electrons. The Hall–Kier alpha value is -1.23. The largest absolute Gasteiger partial charge is 0.399 e. The van der Waals surface area contributed by atoms with Crippen LogP contribution in [0.2, 0.25) is 0 Å². The fourth-order valence-electron chi connectivity index (χ4n) is 2.33. The number of fused-ring (bicyclic) bond motifs is 1. The van der Waals surface area contributed by atoms with Gasteiger partial charge in [0, 0.05) is 21.5 Å². The molecule has 0 atom stereocenters. The van der Waals surface area contributed by atoms with Crippen LogP contribution in [-0.2, 0) is 6.42 Å². The lowest BCUT2D eigenvalue weighted by Gasteiger charge is -2.21. The second-order valence-electron chi connectivity index (χ2n) is 4.24. The highest BCUT2D eigenvalue weighted by atomic mass is 127. The molecule has 0 aliphatic carbocycles. The summed E-state index contributed by atoms with van der Waals surface area (Å²) in [4.78, 5) is 2.37. The molecule has 0 spiro atoms. The first-order valence-corrected chi connectivity index (χ1v) is 6.74. The lowest BCUT2D eigenvalue weighted by Crippen LogP contribution is -2.14. The van der Waals surface area contributed by atoms with E-state index in [-0.39, 0.29) is 0 Å². The fraction of sp³-hybridized carbons (Fsp3) is 0.143. The molecule has 0 radical (unpaired) electrons. The van der Waals surface area contributed by atoms with Gasteiger partial charge in [-0.1, -0.05) is 18.2 Å². The molecule has 0 unspecified atom stereocenters. The summed E-state index contributed by atoms with van der Waals surface area (Å²) in [6.45, 7) is 1.05. The summed E-state index contributed by atoms with van der Waals surface area (Å²) >= 11 is 2.35. The monoisotopic (exact) mass is 336 g/mol. The van der Waals surface area contributed by atoms with E-state index in [1.807, 2.05) is 12.1 Å². The van der Waals surface area contributed by atoms with E-state index in [9.17, 15) is 0 Å². The predicted molar refractivity (Wildman–Crippen MR) is 80.7 cm³/mol. The predicted octanol–water partition coefficient (Wildman–Crippen LogP) is 3.57. The maximum Gasteiger partial charge on any atom is 0.0548 e. The maximum atomic E-state index is 5.80. The van der Waals surface area contributed by atoms with Crippen molar-refractivity contribution in [3.63, 3.8) is 0 Å². The molecule has 0 aromatic heterocycles. The van der Waals surface area contributed by atoms with Gasteiger partial charge in [-0.05, 0) is 58.8 Å². The molecule has 2 nitrogen and oxygen atoms in total. The molecule has 2 aromatic carbocycles. The maximum absolute atomic E-state index is 5.80. The van der Waals surface area contributed by atoms with Gasteiger partial charge in [-0.25, -0.2) is 0 Å². The van der Waals surface area contributed by atoms with Crippen LogP contribution in [0.4, 0.5) is 17.1 Å². The molecule has 3 rings (SSSR count). The number of benzene rings is 2. The van der Waals surface area contributed by atoms with Crippen molar-refractivity contribution in [2.24, 2.45) is 0 Å². The molecule has 3 heteroatoms. The highest BCUT2D eigenvalue weighted by Gasteiger charge is 2.21. The van der Waals surface area contributed by atoms with Gasteiger partial charge >= 0.3 is 0 Å². The molecule has 0 fully saturated rings. The molecule has 1 aliphatic heterocycles. The number of rotatable bonds is 1. The SMILES string of the molecule is Nc1ccc(N2CCc3ccccc32)c(I)c1. The van der Waals surface area contributed by atoms with Gasteiger partial charge in [-0.2, -0.15) is 0 Å². The Bertz CT molecular complexity index is 566. The molecule has 0 saturated carbocycles. The molecule has 1 heterocycles. The van der Waals surface area contributed by atoms with Crippen molar-refractivity contribution in [1.29, 1.82) is 0 Å². The Labute approximate surface area is 115 Å². The molecule has 17 heavy (non-hydrogen) atoms. The van der Waals surface area contributed by atoms with Crippen LogP contribution < -0.4 is 10.6 Å². The molecule has 0 saturated heterocycles.